The van der Waals surface area contributed by atoms with Gasteiger partial charge in [0.05, 0.1) is 31.5 Å². The van der Waals surface area contributed by atoms with Crippen molar-refractivity contribution in [2.75, 3.05) is 19.8 Å². The standard InChI is InChI=1S/C13H22O4/c1-11(2)9-12(7-10(14)8-17-12)3-4-13(11)15-5-6-16-13/h10,14H,3-9H2,1-2H3. The van der Waals surface area contributed by atoms with Crippen molar-refractivity contribution in [3.8, 4) is 0 Å². The first-order valence-corrected chi connectivity index (χ1v) is 6.57. The Bertz CT molecular complexity index is 309. The Hall–Kier alpha value is -0.160. The Morgan fingerprint density at radius 3 is 2.29 bits per heavy atom. The first-order chi connectivity index (χ1) is 7.97. The van der Waals surface area contributed by atoms with Gasteiger partial charge in [0.1, 0.15) is 0 Å². The molecule has 3 fully saturated rings. The lowest BCUT2D eigenvalue weighted by atomic mass is 9.64. The van der Waals surface area contributed by atoms with Crippen molar-refractivity contribution in [2.24, 2.45) is 5.41 Å². The number of aliphatic hydroxyl groups excluding tert-OH is 1. The minimum atomic E-state index is -0.421. The van der Waals surface area contributed by atoms with E-state index in [-0.39, 0.29) is 17.1 Å². The summed E-state index contributed by atoms with van der Waals surface area (Å²) >= 11 is 0. The molecule has 0 amide bonds. The van der Waals surface area contributed by atoms with E-state index in [1.165, 1.54) is 0 Å². The normalized spacial score (nSPS) is 43.6. The summed E-state index contributed by atoms with van der Waals surface area (Å²) < 4.78 is 17.6. The van der Waals surface area contributed by atoms with Crippen LogP contribution in [-0.2, 0) is 14.2 Å². The van der Waals surface area contributed by atoms with Crippen LogP contribution < -0.4 is 0 Å². The minimum Gasteiger partial charge on any atom is -0.391 e. The van der Waals surface area contributed by atoms with Crippen LogP contribution in [0.15, 0.2) is 0 Å². The van der Waals surface area contributed by atoms with Gasteiger partial charge < -0.3 is 19.3 Å². The molecule has 17 heavy (non-hydrogen) atoms. The van der Waals surface area contributed by atoms with E-state index in [2.05, 4.69) is 13.8 Å². The molecule has 3 rings (SSSR count). The lowest BCUT2D eigenvalue weighted by molar-refractivity contribution is -0.271. The molecule has 0 aromatic rings. The highest BCUT2D eigenvalue weighted by molar-refractivity contribution is 5.05. The van der Waals surface area contributed by atoms with Crippen LogP contribution in [0, 0.1) is 5.41 Å². The van der Waals surface area contributed by atoms with Crippen molar-refractivity contribution in [1.29, 1.82) is 0 Å². The van der Waals surface area contributed by atoms with Crippen LogP contribution in [0.1, 0.15) is 39.5 Å². The van der Waals surface area contributed by atoms with Crippen LogP contribution in [0.4, 0.5) is 0 Å². The summed E-state index contributed by atoms with van der Waals surface area (Å²) in [6, 6.07) is 0. The van der Waals surface area contributed by atoms with Crippen LogP contribution in [0.3, 0.4) is 0 Å². The molecule has 0 aromatic heterocycles. The van der Waals surface area contributed by atoms with Crippen molar-refractivity contribution in [2.45, 2.75) is 57.0 Å². The number of hydrogen-bond acceptors (Lipinski definition) is 4. The van der Waals surface area contributed by atoms with Gasteiger partial charge in [0.15, 0.2) is 5.79 Å². The highest BCUT2D eigenvalue weighted by Gasteiger charge is 2.59. The van der Waals surface area contributed by atoms with Crippen molar-refractivity contribution < 1.29 is 19.3 Å². The Balaban J connectivity index is 1.81. The fourth-order valence-corrected chi connectivity index (χ4v) is 3.87. The fraction of sp³-hybridized carbons (Fsp3) is 1.00. The van der Waals surface area contributed by atoms with E-state index < -0.39 is 5.79 Å². The average molecular weight is 242 g/mol. The summed E-state index contributed by atoms with van der Waals surface area (Å²) in [6.45, 7) is 6.24. The van der Waals surface area contributed by atoms with Gasteiger partial charge in [0.25, 0.3) is 0 Å². The molecule has 2 aliphatic heterocycles. The first-order valence-electron chi connectivity index (χ1n) is 6.57. The predicted molar refractivity (Wildman–Crippen MR) is 61.6 cm³/mol. The van der Waals surface area contributed by atoms with Gasteiger partial charge >= 0.3 is 0 Å². The van der Waals surface area contributed by atoms with E-state index in [1.54, 1.807) is 0 Å². The van der Waals surface area contributed by atoms with Gasteiger partial charge in [-0.1, -0.05) is 13.8 Å². The third-order valence-electron chi connectivity index (χ3n) is 4.65. The van der Waals surface area contributed by atoms with Gasteiger partial charge in [0.2, 0.25) is 0 Å². The summed E-state index contributed by atoms with van der Waals surface area (Å²) in [5.74, 6) is -0.421. The molecule has 2 unspecified atom stereocenters. The molecule has 0 bridgehead atoms. The number of ether oxygens (including phenoxy) is 3. The molecular weight excluding hydrogens is 220 g/mol. The van der Waals surface area contributed by atoms with E-state index in [1.807, 2.05) is 0 Å². The van der Waals surface area contributed by atoms with Gasteiger partial charge in [-0.2, -0.15) is 0 Å². The summed E-state index contributed by atoms with van der Waals surface area (Å²) in [5.41, 5.74) is -0.213. The van der Waals surface area contributed by atoms with E-state index in [0.717, 1.165) is 25.7 Å². The molecule has 0 aromatic carbocycles. The molecule has 1 N–H and O–H groups in total. The van der Waals surface area contributed by atoms with Gasteiger partial charge in [-0.15, -0.1) is 0 Å². The number of hydrogen-bond donors (Lipinski definition) is 1. The van der Waals surface area contributed by atoms with Crippen molar-refractivity contribution in [1.82, 2.24) is 0 Å². The van der Waals surface area contributed by atoms with Crippen LogP contribution in [-0.4, -0.2) is 42.4 Å². The number of aliphatic hydroxyl groups is 1. The maximum atomic E-state index is 9.69. The van der Waals surface area contributed by atoms with E-state index in [0.29, 0.717) is 19.8 Å². The molecule has 2 spiro atoms. The van der Waals surface area contributed by atoms with Crippen molar-refractivity contribution in [3.05, 3.63) is 0 Å². The molecule has 2 heterocycles. The SMILES string of the molecule is CC1(C)CC2(CCC13OCCO3)CC(O)CO2. The summed E-state index contributed by atoms with van der Waals surface area (Å²) in [6.07, 6.45) is 3.15. The maximum Gasteiger partial charge on any atom is 0.173 e. The van der Waals surface area contributed by atoms with E-state index in [9.17, 15) is 5.11 Å². The van der Waals surface area contributed by atoms with Gasteiger partial charge in [-0.25, -0.2) is 0 Å². The molecule has 1 saturated carbocycles. The predicted octanol–water partition coefficient (Wildman–Crippen LogP) is 1.46. The second-order valence-corrected chi connectivity index (χ2v) is 6.36. The minimum absolute atomic E-state index is 0.0637. The van der Waals surface area contributed by atoms with E-state index >= 15 is 0 Å². The largest absolute Gasteiger partial charge is 0.391 e. The van der Waals surface area contributed by atoms with Crippen molar-refractivity contribution in [3.63, 3.8) is 0 Å². The molecular formula is C13H22O4. The molecule has 0 radical (unpaired) electrons. The quantitative estimate of drug-likeness (QED) is 0.698. The second-order valence-electron chi connectivity index (χ2n) is 6.36. The molecule has 3 aliphatic rings. The summed E-state index contributed by atoms with van der Waals surface area (Å²) in [4.78, 5) is 0. The van der Waals surface area contributed by atoms with Crippen LogP contribution in [0.2, 0.25) is 0 Å². The molecule has 1 aliphatic carbocycles. The molecule has 2 saturated heterocycles. The zero-order chi connectivity index (χ0) is 12.1. The maximum absolute atomic E-state index is 9.69. The zero-order valence-corrected chi connectivity index (χ0v) is 10.7. The molecule has 98 valence electrons. The summed E-state index contributed by atoms with van der Waals surface area (Å²) in [7, 11) is 0. The fourth-order valence-electron chi connectivity index (χ4n) is 3.87. The molecule has 4 heteroatoms. The highest BCUT2D eigenvalue weighted by atomic mass is 16.7. The van der Waals surface area contributed by atoms with Gasteiger partial charge in [0, 0.05) is 18.3 Å². The van der Waals surface area contributed by atoms with Crippen LogP contribution in [0.25, 0.3) is 0 Å². The zero-order valence-electron chi connectivity index (χ0n) is 10.7. The van der Waals surface area contributed by atoms with Crippen molar-refractivity contribution >= 4 is 0 Å². The lowest BCUT2D eigenvalue weighted by Gasteiger charge is -2.51. The topological polar surface area (TPSA) is 47.9 Å². The highest BCUT2D eigenvalue weighted by Crippen LogP contribution is 2.55. The van der Waals surface area contributed by atoms with Gasteiger partial charge in [-0.05, 0) is 12.8 Å². The Labute approximate surface area is 102 Å². The number of rotatable bonds is 0. The Kier molecular flexibility index (Phi) is 2.57. The second kappa shape index (κ2) is 3.67. The van der Waals surface area contributed by atoms with Gasteiger partial charge in [-0.3, -0.25) is 0 Å². The monoisotopic (exact) mass is 242 g/mol. The Morgan fingerprint density at radius 2 is 1.76 bits per heavy atom. The third-order valence-corrected chi connectivity index (χ3v) is 4.65. The first kappa shape index (κ1) is 11.9. The third kappa shape index (κ3) is 1.73. The van der Waals surface area contributed by atoms with E-state index in [4.69, 9.17) is 14.2 Å². The molecule has 4 nitrogen and oxygen atoms in total. The van der Waals surface area contributed by atoms with Crippen LogP contribution in [0.5, 0.6) is 0 Å². The average Bonchev–Trinajstić information content (AvgIpc) is 2.82. The molecule has 2 atom stereocenters. The lowest BCUT2D eigenvalue weighted by Crippen LogP contribution is -2.55. The smallest absolute Gasteiger partial charge is 0.173 e. The summed E-state index contributed by atoms with van der Waals surface area (Å²) in [5, 5.41) is 9.69. The van der Waals surface area contributed by atoms with Crippen LogP contribution >= 0.6 is 0 Å². The Morgan fingerprint density at radius 1 is 1.06 bits per heavy atom.